The molecule has 0 atom stereocenters. The minimum atomic E-state index is -4.53. The fraction of sp³-hybridized carbons (Fsp3) is 0.444. The highest BCUT2D eigenvalue weighted by molar-refractivity contribution is 7.85. The van der Waals surface area contributed by atoms with Crippen LogP contribution in [0.2, 0.25) is 0 Å². The summed E-state index contributed by atoms with van der Waals surface area (Å²) >= 11 is 0. The van der Waals surface area contributed by atoms with E-state index in [1.54, 1.807) is 24.3 Å². The van der Waals surface area contributed by atoms with Gasteiger partial charge in [0.2, 0.25) is 5.91 Å². The van der Waals surface area contributed by atoms with Gasteiger partial charge in [0, 0.05) is 22.5 Å². The number of amides is 3. The Morgan fingerprint density at radius 1 is 0.644 bits per heavy atom. The lowest BCUT2D eigenvalue weighted by atomic mass is 9.83. The molecular formula is C36H49N3O5S. The van der Waals surface area contributed by atoms with Crippen molar-refractivity contribution in [1.82, 2.24) is 4.72 Å². The number of hydrogen-bond donors (Lipinski definition) is 3. The van der Waals surface area contributed by atoms with Crippen LogP contribution in [0.5, 0.6) is 5.75 Å². The minimum absolute atomic E-state index is 0.0878. The number of carbonyl (C=O) groups is 2. The third kappa shape index (κ3) is 9.57. The van der Waals surface area contributed by atoms with Gasteiger partial charge in [0.1, 0.15) is 0 Å². The first-order chi connectivity index (χ1) is 21.0. The molecule has 0 spiro atoms. The number of nitrogens with one attached hydrogen (secondary N) is 3. The van der Waals surface area contributed by atoms with Crippen LogP contribution in [0, 0.1) is 0 Å². The number of hydrogen-bond acceptors (Lipinski definition) is 5. The molecule has 0 heterocycles. The van der Waals surface area contributed by atoms with E-state index in [0.29, 0.717) is 28.4 Å². The summed E-state index contributed by atoms with van der Waals surface area (Å²) in [7, 11) is -4.53. The van der Waals surface area contributed by atoms with Gasteiger partial charge in [0.15, 0.2) is 5.75 Å². The Morgan fingerprint density at radius 2 is 1.11 bits per heavy atom. The Balaban J connectivity index is 1.91. The molecule has 0 saturated carbocycles. The first-order valence-corrected chi connectivity index (χ1v) is 17.1. The molecule has 0 aliphatic rings. The van der Waals surface area contributed by atoms with Gasteiger partial charge in [-0.15, -0.1) is 0 Å². The molecule has 3 aromatic rings. The van der Waals surface area contributed by atoms with Gasteiger partial charge in [0.05, 0.1) is 6.42 Å². The molecule has 0 aliphatic carbocycles. The third-order valence-corrected chi connectivity index (χ3v) is 8.56. The van der Waals surface area contributed by atoms with Gasteiger partial charge in [0.25, 0.3) is 0 Å². The van der Waals surface area contributed by atoms with Crippen LogP contribution in [-0.4, -0.2) is 20.4 Å². The van der Waals surface area contributed by atoms with Crippen LogP contribution in [0.1, 0.15) is 132 Å². The van der Waals surface area contributed by atoms with E-state index in [9.17, 15) is 18.0 Å². The van der Waals surface area contributed by atoms with E-state index in [0.717, 1.165) is 16.7 Å². The summed E-state index contributed by atoms with van der Waals surface area (Å²) in [5.74, 6) is -0.178. The van der Waals surface area contributed by atoms with Crippen LogP contribution >= 0.6 is 0 Å². The van der Waals surface area contributed by atoms with Gasteiger partial charge in [-0.05, 0) is 76.1 Å². The maximum Gasteiger partial charge on any atom is 0.409 e. The van der Waals surface area contributed by atoms with Gasteiger partial charge in [-0.25, -0.2) is 9.52 Å². The summed E-state index contributed by atoms with van der Waals surface area (Å²) in [5.41, 5.74) is 6.44. The van der Waals surface area contributed by atoms with Crippen molar-refractivity contribution in [2.75, 3.05) is 10.6 Å². The van der Waals surface area contributed by atoms with Gasteiger partial charge < -0.3 is 14.8 Å². The molecule has 244 valence electrons. The SMILES string of the molecule is CC(C)c1cc(C(C)C)c(CC(=O)NS(=O)(=O)Oc2c(C(C)C)cc(NC(=O)Nc3ccccc3)cc2C(C)C)c(C(C)C)c1. The zero-order valence-electron chi connectivity index (χ0n) is 28.2. The van der Waals surface area contributed by atoms with Crippen LogP contribution < -0.4 is 19.5 Å². The van der Waals surface area contributed by atoms with Gasteiger partial charge in [-0.2, -0.15) is 8.42 Å². The number of anilines is 2. The zero-order valence-corrected chi connectivity index (χ0v) is 29.1. The largest absolute Gasteiger partial charge is 0.409 e. The predicted octanol–water partition coefficient (Wildman–Crippen LogP) is 8.93. The fourth-order valence-corrected chi connectivity index (χ4v) is 6.10. The van der Waals surface area contributed by atoms with Crippen molar-refractivity contribution in [3.63, 3.8) is 0 Å². The topological polar surface area (TPSA) is 114 Å². The molecule has 0 aliphatic heterocycles. The Hall–Kier alpha value is -3.85. The van der Waals surface area contributed by atoms with E-state index in [-0.39, 0.29) is 35.8 Å². The summed E-state index contributed by atoms with van der Waals surface area (Å²) in [4.78, 5) is 26.0. The molecular weight excluding hydrogens is 586 g/mol. The fourth-order valence-electron chi connectivity index (χ4n) is 5.29. The molecule has 8 nitrogen and oxygen atoms in total. The van der Waals surface area contributed by atoms with Crippen molar-refractivity contribution in [3.05, 3.63) is 88.0 Å². The maximum atomic E-state index is 13.4. The van der Waals surface area contributed by atoms with Crippen LogP contribution in [0.15, 0.2) is 54.6 Å². The Bertz CT molecular complexity index is 1550. The molecule has 3 aromatic carbocycles. The Kier molecular flexibility index (Phi) is 11.8. The number of benzene rings is 3. The van der Waals surface area contributed by atoms with E-state index < -0.39 is 22.2 Å². The standard InChI is InChI=1S/C36H49N3O5S/c1-21(2)26-16-29(22(3)4)33(30(17-26)23(5)6)20-34(40)39-45(42,43)44-35-31(24(7)8)18-28(19-32(35)25(9)10)38-36(41)37-27-14-12-11-13-15-27/h11-19,21-25H,20H2,1-10H3,(H,39,40)(H2,37,38,41). The molecule has 45 heavy (non-hydrogen) atoms. The molecule has 0 bridgehead atoms. The van der Waals surface area contributed by atoms with E-state index in [4.69, 9.17) is 4.18 Å². The van der Waals surface area contributed by atoms with Crippen LogP contribution in [-0.2, 0) is 21.5 Å². The van der Waals surface area contributed by atoms with Crippen molar-refractivity contribution in [2.45, 2.75) is 105 Å². The van der Waals surface area contributed by atoms with Crippen molar-refractivity contribution in [3.8, 4) is 5.75 Å². The zero-order chi connectivity index (χ0) is 33.6. The molecule has 0 radical (unpaired) electrons. The molecule has 3 rings (SSSR count). The quantitative estimate of drug-likeness (QED) is 0.184. The second-order valence-electron chi connectivity index (χ2n) is 13.1. The van der Waals surface area contributed by atoms with Crippen LogP contribution in [0.4, 0.5) is 16.2 Å². The monoisotopic (exact) mass is 635 g/mol. The van der Waals surface area contributed by atoms with E-state index in [1.807, 2.05) is 45.9 Å². The average molecular weight is 636 g/mol. The highest BCUT2D eigenvalue weighted by Crippen LogP contribution is 2.38. The van der Waals surface area contributed by atoms with Gasteiger partial charge in [-0.1, -0.05) is 99.6 Å². The lowest BCUT2D eigenvalue weighted by Crippen LogP contribution is -2.36. The summed E-state index contributed by atoms with van der Waals surface area (Å²) in [6.45, 7) is 20.2. The number of rotatable bonds is 12. The molecule has 0 fully saturated rings. The lowest BCUT2D eigenvalue weighted by Gasteiger charge is -2.23. The molecule has 0 saturated heterocycles. The average Bonchev–Trinajstić information content (AvgIpc) is 2.92. The Labute approximate surface area is 269 Å². The number of urea groups is 1. The maximum absolute atomic E-state index is 13.4. The number of para-hydroxylation sites is 1. The van der Waals surface area contributed by atoms with Crippen molar-refractivity contribution >= 4 is 33.6 Å². The molecule has 0 unspecified atom stereocenters. The third-order valence-electron chi connectivity index (χ3n) is 7.70. The normalized spacial score (nSPS) is 11.9. The lowest BCUT2D eigenvalue weighted by molar-refractivity contribution is -0.118. The van der Waals surface area contributed by atoms with Crippen molar-refractivity contribution in [1.29, 1.82) is 0 Å². The summed E-state index contributed by atoms with van der Waals surface area (Å²) < 4.78 is 34.6. The van der Waals surface area contributed by atoms with Crippen LogP contribution in [0.3, 0.4) is 0 Å². The molecule has 0 aromatic heterocycles. The second-order valence-corrected chi connectivity index (χ2v) is 14.4. The minimum Gasteiger partial charge on any atom is -0.366 e. The van der Waals surface area contributed by atoms with Crippen molar-refractivity contribution < 1.29 is 22.2 Å². The Morgan fingerprint density at radius 3 is 1.56 bits per heavy atom. The summed E-state index contributed by atoms with van der Waals surface area (Å²) in [6.07, 6.45) is -0.0878. The highest BCUT2D eigenvalue weighted by Gasteiger charge is 2.26. The van der Waals surface area contributed by atoms with E-state index >= 15 is 0 Å². The van der Waals surface area contributed by atoms with Crippen molar-refractivity contribution in [2.24, 2.45) is 0 Å². The van der Waals surface area contributed by atoms with Crippen LogP contribution in [0.25, 0.3) is 0 Å². The predicted molar refractivity (Wildman–Crippen MR) is 184 cm³/mol. The first-order valence-electron chi connectivity index (χ1n) is 15.7. The van der Waals surface area contributed by atoms with Gasteiger partial charge in [-0.3, -0.25) is 4.79 Å². The molecule has 3 amide bonds. The smallest absolute Gasteiger partial charge is 0.366 e. The summed E-state index contributed by atoms with van der Waals surface area (Å²) in [6, 6.07) is 16.3. The van der Waals surface area contributed by atoms with Gasteiger partial charge >= 0.3 is 16.3 Å². The summed E-state index contributed by atoms with van der Waals surface area (Å²) in [5, 5.41) is 5.63. The van der Waals surface area contributed by atoms with E-state index in [1.165, 1.54) is 5.56 Å². The van der Waals surface area contributed by atoms with E-state index in [2.05, 4.69) is 69.0 Å². The highest BCUT2D eigenvalue weighted by atomic mass is 32.2. The molecule has 3 N–H and O–H groups in total. The number of carbonyl (C=O) groups excluding carboxylic acids is 2. The molecule has 9 heteroatoms. The first kappa shape index (κ1) is 35.6. The second kappa shape index (κ2) is 15.0.